The van der Waals surface area contributed by atoms with Gasteiger partial charge >= 0.3 is 5.97 Å². The molecule has 1 aromatic carbocycles. The molecule has 0 atom stereocenters. The first kappa shape index (κ1) is 10.9. The van der Waals surface area contributed by atoms with Gasteiger partial charge in [-0.15, -0.1) is 0 Å². The zero-order valence-electron chi connectivity index (χ0n) is 8.22. The van der Waals surface area contributed by atoms with Crippen molar-refractivity contribution in [3.05, 3.63) is 27.8 Å². The van der Waals surface area contributed by atoms with Gasteiger partial charge in [-0.05, 0) is 25.5 Å². The largest absolute Gasteiger partial charge is 0.496 e. The number of carboxylic acids is 1. The minimum Gasteiger partial charge on any atom is -0.496 e. The predicted octanol–water partition coefficient (Wildman–Crippen LogP) is 2.66. The Morgan fingerprint density at radius 3 is 2.50 bits per heavy atom. The van der Waals surface area contributed by atoms with Gasteiger partial charge in [-0.25, -0.2) is 4.79 Å². The topological polar surface area (TPSA) is 46.5 Å². The molecule has 0 heterocycles. The number of ether oxygens (including phenoxy) is 1. The van der Waals surface area contributed by atoms with Gasteiger partial charge in [-0.3, -0.25) is 0 Å². The zero-order valence-corrected chi connectivity index (χ0v) is 8.97. The molecule has 0 saturated carbocycles. The van der Waals surface area contributed by atoms with E-state index >= 15 is 0 Å². The molecule has 0 aromatic heterocycles. The van der Waals surface area contributed by atoms with Crippen LogP contribution in [0.4, 0.5) is 0 Å². The van der Waals surface area contributed by atoms with Crippen molar-refractivity contribution in [1.29, 1.82) is 0 Å². The Labute approximate surface area is 87.3 Å². The molecule has 0 bridgehead atoms. The molecular weight excluding hydrogens is 204 g/mol. The molecule has 1 aromatic rings. The molecule has 0 spiro atoms. The molecule has 0 aliphatic carbocycles. The van der Waals surface area contributed by atoms with Crippen molar-refractivity contribution < 1.29 is 14.6 Å². The fourth-order valence-corrected chi connectivity index (χ4v) is 1.88. The van der Waals surface area contributed by atoms with Gasteiger partial charge in [0.15, 0.2) is 0 Å². The van der Waals surface area contributed by atoms with Crippen molar-refractivity contribution in [2.24, 2.45) is 0 Å². The van der Waals surface area contributed by atoms with Crippen LogP contribution in [0.1, 0.15) is 21.5 Å². The predicted molar refractivity (Wildman–Crippen MR) is 54.4 cm³/mol. The number of hydrogen-bond donors (Lipinski definition) is 1. The van der Waals surface area contributed by atoms with Gasteiger partial charge in [0, 0.05) is 5.56 Å². The van der Waals surface area contributed by atoms with Crippen molar-refractivity contribution in [3.8, 4) is 5.75 Å². The maximum Gasteiger partial charge on any atom is 0.337 e. The van der Waals surface area contributed by atoms with Crippen LogP contribution in [0, 0.1) is 13.8 Å². The molecule has 0 amide bonds. The number of benzene rings is 1. The van der Waals surface area contributed by atoms with E-state index in [1.807, 2.05) is 6.92 Å². The minimum absolute atomic E-state index is 0.106. The Bertz CT molecular complexity index is 385. The second kappa shape index (κ2) is 3.88. The molecule has 4 heteroatoms. The second-order valence-corrected chi connectivity index (χ2v) is 3.42. The first-order chi connectivity index (χ1) is 6.49. The second-order valence-electron chi connectivity index (χ2n) is 3.01. The van der Waals surface area contributed by atoms with Crippen LogP contribution in [0.15, 0.2) is 6.07 Å². The normalized spacial score (nSPS) is 10.0. The highest BCUT2D eigenvalue weighted by Gasteiger charge is 2.17. The van der Waals surface area contributed by atoms with Crippen molar-refractivity contribution in [3.63, 3.8) is 0 Å². The maximum absolute atomic E-state index is 10.9. The summed E-state index contributed by atoms with van der Waals surface area (Å²) in [7, 11) is 1.51. The Kier molecular flexibility index (Phi) is 3.01. The fraction of sp³-hybridized carbons (Fsp3) is 0.300. The third-order valence-electron chi connectivity index (χ3n) is 2.07. The fourth-order valence-electron chi connectivity index (χ4n) is 1.49. The van der Waals surface area contributed by atoms with E-state index in [0.29, 0.717) is 11.3 Å². The third kappa shape index (κ3) is 1.68. The Balaban J connectivity index is 3.52. The standard InChI is InChI=1S/C10H11ClO3/c1-5-4-7(11)8(10(12)13)6(2)9(5)14-3/h4H,1-3H3,(H,12,13). The number of carboxylic acid groups (broad SMARTS) is 1. The summed E-state index contributed by atoms with van der Waals surface area (Å²) in [6.07, 6.45) is 0. The molecule has 0 radical (unpaired) electrons. The number of methoxy groups -OCH3 is 1. The van der Waals surface area contributed by atoms with Gasteiger partial charge in [0.1, 0.15) is 5.75 Å². The van der Waals surface area contributed by atoms with Crippen molar-refractivity contribution >= 4 is 17.6 Å². The van der Waals surface area contributed by atoms with E-state index in [1.165, 1.54) is 7.11 Å². The van der Waals surface area contributed by atoms with Crippen molar-refractivity contribution in [1.82, 2.24) is 0 Å². The lowest BCUT2D eigenvalue weighted by molar-refractivity contribution is 0.0696. The summed E-state index contributed by atoms with van der Waals surface area (Å²) in [4.78, 5) is 10.9. The average molecular weight is 215 g/mol. The molecule has 0 unspecified atom stereocenters. The number of rotatable bonds is 2. The van der Waals surface area contributed by atoms with E-state index in [1.54, 1.807) is 13.0 Å². The number of aromatic carboxylic acids is 1. The van der Waals surface area contributed by atoms with Gasteiger partial charge in [-0.2, -0.15) is 0 Å². The van der Waals surface area contributed by atoms with Crippen LogP contribution in [0.5, 0.6) is 5.75 Å². The Morgan fingerprint density at radius 2 is 2.07 bits per heavy atom. The van der Waals surface area contributed by atoms with Crippen LogP contribution >= 0.6 is 11.6 Å². The van der Waals surface area contributed by atoms with Gasteiger partial charge in [0.25, 0.3) is 0 Å². The van der Waals surface area contributed by atoms with E-state index in [-0.39, 0.29) is 10.6 Å². The number of halogens is 1. The quantitative estimate of drug-likeness (QED) is 0.823. The van der Waals surface area contributed by atoms with Crippen molar-refractivity contribution in [2.75, 3.05) is 7.11 Å². The lowest BCUT2D eigenvalue weighted by Gasteiger charge is -2.12. The number of aryl methyl sites for hydroxylation is 1. The zero-order chi connectivity index (χ0) is 10.9. The van der Waals surface area contributed by atoms with E-state index < -0.39 is 5.97 Å². The lowest BCUT2D eigenvalue weighted by atomic mass is 10.0. The monoisotopic (exact) mass is 214 g/mol. The van der Waals surface area contributed by atoms with Gasteiger partial charge in [-0.1, -0.05) is 11.6 Å². The van der Waals surface area contributed by atoms with Crippen LogP contribution < -0.4 is 4.74 Å². The summed E-state index contributed by atoms with van der Waals surface area (Å²) in [5.74, 6) is -0.461. The molecule has 14 heavy (non-hydrogen) atoms. The first-order valence-electron chi connectivity index (χ1n) is 4.06. The van der Waals surface area contributed by atoms with Crippen LogP contribution in [0.25, 0.3) is 0 Å². The van der Waals surface area contributed by atoms with E-state index in [2.05, 4.69) is 0 Å². The molecule has 1 N–H and O–H groups in total. The van der Waals surface area contributed by atoms with Crippen LogP contribution in [-0.2, 0) is 0 Å². The van der Waals surface area contributed by atoms with E-state index in [4.69, 9.17) is 21.4 Å². The average Bonchev–Trinajstić information content (AvgIpc) is 2.02. The SMILES string of the molecule is COc1c(C)cc(Cl)c(C(=O)O)c1C. The van der Waals surface area contributed by atoms with Gasteiger partial charge in [0.05, 0.1) is 17.7 Å². The molecule has 3 nitrogen and oxygen atoms in total. The maximum atomic E-state index is 10.9. The lowest BCUT2D eigenvalue weighted by Crippen LogP contribution is -2.04. The minimum atomic E-state index is -1.04. The Hall–Kier alpha value is -1.22. The molecule has 0 aliphatic rings. The number of hydrogen-bond acceptors (Lipinski definition) is 2. The molecule has 76 valence electrons. The molecule has 0 aliphatic heterocycles. The van der Waals surface area contributed by atoms with Crippen molar-refractivity contribution in [2.45, 2.75) is 13.8 Å². The first-order valence-corrected chi connectivity index (χ1v) is 4.43. The highest BCUT2D eigenvalue weighted by Crippen LogP contribution is 2.31. The molecule has 0 fully saturated rings. The Morgan fingerprint density at radius 1 is 1.50 bits per heavy atom. The summed E-state index contributed by atoms with van der Waals surface area (Å²) in [6, 6.07) is 1.59. The number of carbonyl (C=O) groups is 1. The van der Waals surface area contributed by atoms with E-state index in [0.717, 1.165) is 5.56 Å². The summed E-state index contributed by atoms with van der Waals surface area (Å²) >= 11 is 5.82. The summed E-state index contributed by atoms with van der Waals surface area (Å²) < 4.78 is 5.10. The molecule has 0 saturated heterocycles. The van der Waals surface area contributed by atoms with Gasteiger partial charge in [0.2, 0.25) is 0 Å². The highest BCUT2D eigenvalue weighted by atomic mass is 35.5. The summed E-state index contributed by atoms with van der Waals surface area (Å²) in [5.41, 5.74) is 1.50. The smallest absolute Gasteiger partial charge is 0.337 e. The van der Waals surface area contributed by atoms with Crippen LogP contribution in [0.3, 0.4) is 0 Å². The summed E-state index contributed by atoms with van der Waals surface area (Å²) in [5, 5.41) is 9.16. The van der Waals surface area contributed by atoms with Gasteiger partial charge < -0.3 is 9.84 Å². The van der Waals surface area contributed by atoms with Crippen LogP contribution in [-0.4, -0.2) is 18.2 Å². The highest BCUT2D eigenvalue weighted by molar-refractivity contribution is 6.33. The third-order valence-corrected chi connectivity index (χ3v) is 2.37. The molecule has 1 rings (SSSR count). The summed E-state index contributed by atoms with van der Waals surface area (Å²) in [6.45, 7) is 3.50. The van der Waals surface area contributed by atoms with E-state index in [9.17, 15) is 4.79 Å². The molecular formula is C10H11ClO3. The van der Waals surface area contributed by atoms with Crippen LogP contribution in [0.2, 0.25) is 5.02 Å².